The lowest BCUT2D eigenvalue weighted by Gasteiger charge is -2.23. The number of rotatable bonds is 4. The third-order valence-electron chi connectivity index (χ3n) is 2.75. The molecule has 0 radical (unpaired) electrons. The van der Waals surface area contributed by atoms with Gasteiger partial charge < -0.3 is 5.73 Å². The van der Waals surface area contributed by atoms with Gasteiger partial charge in [0.2, 0.25) is 0 Å². The van der Waals surface area contributed by atoms with Gasteiger partial charge in [0.1, 0.15) is 0 Å². The summed E-state index contributed by atoms with van der Waals surface area (Å²) in [6.45, 7) is 5.75. The Morgan fingerprint density at radius 1 is 1.44 bits per heavy atom. The summed E-state index contributed by atoms with van der Waals surface area (Å²) < 4.78 is 0. The number of nitrogens with zero attached hydrogens (tertiary/aromatic N) is 1. The van der Waals surface area contributed by atoms with Crippen LogP contribution >= 0.6 is 24.0 Å². The van der Waals surface area contributed by atoms with Crippen molar-refractivity contribution in [2.24, 2.45) is 5.73 Å². The summed E-state index contributed by atoms with van der Waals surface area (Å²) >= 11 is 5.97. The minimum absolute atomic E-state index is 0. The van der Waals surface area contributed by atoms with Crippen molar-refractivity contribution in [2.75, 3.05) is 13.6 Å². The Morgan fingerprint density at radius 2 is 2.06 bits per heavy atom. The largest absolute Gasteiger partial charge is 0.329 e. The van der Waals surface area contributed by atoms with E-state index >= 15 is 0 Å². The highest BCUT2D eigenvalue weighted by atomic mass is 35.5. The van der Waals surface area contributed by atoms with Gasteiger partial charge in [-0.05, 0) is 38.1 Å². The fourth-order valence-corrected chi connectivity index (χ4v) is 1.55. The monoisotopic (exact) mass is 262 g/mol. The molecule has 0 saturated carbocycles. The molecule has 92 valence electrons. The zero-order valence-electron chi connectivity index (χ0n) is 10.0. The molecule has 0 amide bonds. The van der Waals surface area contributed by atoms with Gasteiger partial charge in [-0.15, -0.1) is 12.4 Å². The molecule has 1 aromatic rings. The van der Waals surface area contributed by atoms with Crippen LogP contribution in [0.15, 0.2) is 18.2 Å². The van der Waals surface area contributed by atoms with Crippen LogP contribution in [0.4, 0.5) is 0 Å². The van der Waals surface area contributed by atoms with Crippen LogP contribution in [0.5, 0.6) is 0 Å². The van der Waals surface area contributed by atoms with E-state index in [9.17, 15) is 0 Å². The van der Waals surface area contributed by atoms with Gasteiger partial charge in [0, 0.05) is 24.2 Å². The number of likely N-dealkylation sites (N-methyl/N-ethyl adjacent to an activating group) is 1. The van der Waals surface area contributed by atoms with Crippen molar-refractivity contribution in [1.29, 1.82) is 0 Å². The highest BCUT2D eigenvalue weighted by molar-refractivity contribution is 6.31. The molecule has 0 saturated heterocycles. The molecule has 2 nitrogen and oxygen atoms in total. The Balaban J connectivity index is 0.00000225. The Morgan fingerprint density at radius 3 is 2.56 bits per heavy atom. The zero-order valence-corrected chi connectivity index (χ0v) is 11.6. The molecule has 2 N–H and O–H groups in total. The molecule has 0 bridgehead atoms. The van der Waals surface area contributed by atoms with Crippen molar-refractivity contribution in [3.63, 3.8) is 0 Å². The first-order valence-corrected chi connectivity index (χ1v) is 5.57. The van der Waals surface area contributed by atoms with Crippen molar-refractivity contribution >= 4 is 24.0 Å². The van der Waals surface area contributed by atoms with E-state index in [-0.39, 0.29) is 12.4 Å². The van der Waals surface area contributed by atoms with Gasteiger partial charge in [0.25, 0.3) is 0 Å². The third kappa shape index (κ3) is 4.30. The maximum absolute atomic E-state index is 5.97. The van der Waals surface area contributed by atoms with E-state index in [0.717, 1.165) is 17.1 Å². The number of hydrogen-bond donors (Lipinski definition) is 1. The second-order valence-electron chi connectivity index (χ2n) is 4.08. The molecular weight excluding hydrogens is 243 g/mol. The van der Waals surface area contributed by atoms with Crippen LogP contribution in [0, 0.1) is 6.92 Å². The van der Waals surface area contributed by atoms with Crippen LogP contribution in [0.3, 0.4) is 0 Å². The Bertz CT molecular complexity index is 329. The van der Waals surface area contributed by atoms with Crippen molar-refractivity contribution < 1.29 is 0 Å². The third-order valence-corrected chi connectivity index (χ3v) is 3.17. The molecule has 1 unspecified atom stereocenters. The molecule has 0 aliphatic rings. The fourth-order valence-electron chi connectivity index (χ4n) is 1.43. The summed E-state index contributed by atoms with van der Waals surface area (Å²) in [7, 11) is 2.08. The molecule has 0 aliphatic carbocycles. The second kappa shape index (κ2) is 7.13. The van der Waals surface area contributed by atoms with Gasteiger partial charge >= 0.3 is 0 Å². The quantitative estimate of drug-likeness (QED) is 0.905. The number of benzene rings is 1. The SMILES string of the molecule is Cc1cc(CN(C)C(C)CN)ccc1Cl.Cl. The normalized spacial score (nSPS) is 12.4. The molecular formula is C12H20Cl2N2. The summed E-state index contributed by atoms with van der Waals surface area (Å²) in [4.78, 5) is 2.24. The van der Waals surface area contributed by atoms with Crippen LogP contribution in [-0.2, 0) is 6.54 Å². The Hall–Kier alpha value is -0.280. The number of hydrogen-bond acceptors (Lipinski definition) is 2. The fraction of sp³-hybridized carbons (Fsp3) is 0.500. The predicted octanol–water partition coefficient (Wildman–Crippen LogP) is 2.85. The number of nitrogens with two attached hydrogens (primary N) is 1. The van der Waals surface area contributed by atoms with Crippen LogP contribution in [-0.4, -0.2) is 24.5 Å². The van der Waals surface area contributed by atoms with Crippen molar-refractivity contribution in [1.82, 2.24) is 4.90 Å². The second-order valence-corrected chi connectivity index (χ2v) is 4.49. The molecule has 4 heteroatoms. The van der Waals surface area contributed by atoms with Gasteiger partial charge in [-0.2, -0.15) is 0 Å². The average molecular weight is 263 g/mol. The van der Waals surface area contributed by atoms with E-state index in [4.69, 9.17) is 17.3 Å². The minimum Gasteiger partial charge on any atom is -0.329 e. The average Bonchev–Trinajstić information content (AvgIpc) is 2.22. The maximum atomic E-state index is 5.97. The van der Waals surface area contributed by atoms with Crippen molar-refractivity contribution in [3.8, 4) is 0 Å². The standard InChI is InChI=1S/C12H19ClN2.ClH/c1-9-6-11(4-5-12(9)13)8-15(3)10(2)7-14;/h4-6,10H,7-8,14H2,1-3H3;1H. The first kappa shape index (κ1) is 15.7. The lowest BCUT2D eigenvalue weighted by molar-refractivity contribution is 0.255. The lowest BCUT2D eigenvalue weighted by atomic mass is 10.1. The van der Waals surface area contributed by atoms with Gasteiger partial charge in [0.15, 0.2) is 0 Å². The Labute approximate surface area is 109 Å². The molecule has 1 rings (SSSR count). The zero-order chi connectivity index (χ0) is 11.4. The van der Waals surface area contributed by atoms with E-state index < -0.39 is 0 Å². The summed E-state index contributed by atoms with van der Waals surface area (Å²) in [5.74, 6) is 0. The summed E-state index contributed by atoms with van der Waals surface area (Å²) in [5, 5.41) is 0.827. The molecule has 0 spiro atoms. The van der Waals surface area contributed by atoms with E-state index in [1.54, 1.807) is 0 Å². The first-order chi connectivity index (χ1) is 7.04. The molecule has 0 fully saturated rings. The molecule has 1 atom stereocenters. The van der Waals surface area contributed by atoms with Gasteiger partial charge in [0.05, 0.1) is 0 Å². The predicted molar refractivity (Wildman–Crippen MR) is 73.4 cm³/mol. The van der Waals surface area contributed by atoms with E-state index in [1.165, 1.54) is 5.56 Å². The molecule has 0 aromatic heterocycles. The van der Waals surface area contributed by atoms with Gasteiger partial charge in [-0.25, -0.2) is 0 Å². The summed E-state index contributed by atoms with van der Waals surface area (Å²) in [5.41, 5.74) is 8.02. The van der Waals surface area contributed by atoms with E-state index in [1.807, 2.05) is 13.0 Å². The van der Waals surface area contributed by atoms with Crippen molar-refractivity contribution in [3.05, 3.63) is 34.3 Å². The summed E-state index contributed by atoms with van der Waals surface area (Å²) in [6.07, 6.45) is 0. The number of aryl methyl sites for hydroxylation is 1. The van der Waals surface area contributed by atoms with Crippen LogP contribution in [0.1, 0.15) is 18.1 Å². The van der Waals surface area contributed by atoms with E-state index in [2.05, 4.69) is 31.0 Å². The highest BCUT2D eigenvalue weighted by Gasteiger charge is 2.07. The number of halogens is 2. The van der Waals surface area contributed by atoms with Gasteiger partial charge in [-0.1, -0.05) is 23.7 Å². The van der Waals surface area contributed by atoms with Gasteiger partial charge in [-0.3, -0.25) is 4.90 Å². The van der Waals surface area contributed by atoms with Crippen LogP contribution < -0.4 is 5.73 Å². The van der Waals surface area contributed by atoms with E-state index in [0.29, 0.717) is 12.6 Å². The molecule has 0 aliphatic heterocycles. The Kier molecular flexibility index (Phi) is 7.00. The minimum atomic E-state index is 0. The summed E-state index contributed by atoms with van der Waals surface area (Å²) in [6, 6.07) is 6.55. The van der Waals surface area contributed by atoms with Crippen LogP contribution in [0.25, 0.3) is 0 Å². The smallest absolute Gasteiger partial charge is 0.0435 e. The topological polar surface area (TPSA) is 29.3 Å². The molecule has 16 heavy (non-hydrogen) atoms. The van der Waals surface area contributed by atoms with Crippen molar-refractivity contribution in [2.45, 2.75) is 26.4 Å². The van der Waals surface area contributed by atoms with Crippen LogP contribution in [0.2, 0.25) is 5.02 Å². The highest BCUT2D eigenvalue weighted by Crippen LogP contribution is 2.17. The lowest BCUT2D eigenvalue weighted by Crippen LogP contribution is -2.34. The molecule has 1 aromatic carbocycles. The molecule has 0 heterocycles. The first-order valence-electron chi connectivity index (χ1n) is 5.20. The maximum Gasteiger partial charge on any atom is 0.0435 e.